The van der Waals surface area contributed by atoms with Gasteiger partial charge in [0.25, 0.3) is 0 Å². The number of fused-ring (bicyclic) bond motifs is 6. The zero-order valence-corrected chi connectivity index (χ0v) is 31.0. The first-order valence-corrected chi connectivity index (χ1v) is 19.3. The summed E-state index contributed by atoms with van der Waals surface area (Å²) >= 11 is 0. The second kappa shape index (κ2) is 13.6. The molecule has 9 aromatic carbocycles. The summed E-state index contributed by atoms with van der Waals surface area (Å²) in [6.45, 7) is 0. The minimum atomic E-state index is 0.600. The fourth-order valence-electron chi connectivity index (χ4n) is 8.39. The molecule has 0 fully saturated rings. The smallest absolute Gasteiger partial charge is 0.227 e. The molecule has 0 bridgehead atoms. The average Bonchev–Trinajstić information content (AvgIpc) is 3.88. The Balaban J connectivity index is 1.08. The average molecular weight is 730 g/mol. The summed E-state index contributed by atoms with van der Waals surface area (Å²) in [4.78, 5) is 7.20. The van der Waals surface area contributed by atoms with Crippen molar-refractivity contribution in [3.63, 3.8) is 0 Å². The molecule has 2 heterocycles. The third-order valence-electron chi connectivity index (χ3n) is 11.0. The highest BCUT2D eigenvalue weighted by atomic mass is 16.3. The summed E-state index contributed by atoms with van der Waals surface area (Å²) in [5.74, 6) is 0.600. The Bertz CT molecular complexity index is 3200. The molecule has 0 saturated carbocycles. The van der Waals surface area contributed by atoms with Crippen molar-refractivity contribution in [1.82, 2.24) is 9.55 Å². The molecule has 0 amide bonds. The number of anilines is 3. The van der Waals surface area contributed by atoms with E-state index in [1.165, 1.54) is 43.7 Å². The van der Waals surface area contributed by atoms with Crippen molar-refractivity contribution in [2.75, 3.05) is 4.90 Å². The van der Waals surface area contributed by atoms with Crippen LogP contribution in [0.4, 0.5) is 17.1 Å². The van der Waals surface area contributed by atoms with Gasteiger partial charge in [-0.25, -0.2) is 4.98 Å². The first-order chi connectivity index (χ1) is 28.3. The van der Waals surface area contributed by atoms with Gasteiger partial charge in [-0.05, 0) is 106 Å². The van der Waals surface area contributed by atoms with E-state index in [2.05, 4.69) is 185 Å². The van der Waals surface area contributed by atoms with Gasteiger partial charge in [-0.1, -0.05) is 140 Å². The maximum atomic E-state index is 6.60. The van der Waals surface area contributed by atoms with E-state index in [0.29, 0.717) is 5.89 Å². The molecule has 11 aromatic rings. The highest BCUT2D eigenvalue weighted by Gasteiger charge is 2.21. The van der Waals surface area contributed by atoms with E-state index < -0.39 is 0 Å². The van der Waals surface area contributed by atoms with Gasteiger partial charge in [-0.3, -0.25) is 0 Å². The van der Waals surface area contributed by atoms with Crippen molar-refractivity contribution in [3.8, 4) is 39.4 Å². The third-order valence-corrected chi connectivity index (χ3v) is 11.0. The molecule has 0 saturated heterocycles. The summed E-state index contributed by atoms with van der Waals surface area (Å²) in [7, 11) is 0. The molecule has 0 spiro atoms. The fraction of sp³-hybridized carbons (Fsp3) is 0. The highest BCUT2D eigenvalue weighted by molar-refractivity contribution is 6.24. The first kappa shape index (κ1) is 32.7. The van der Waals surface area contributed by atoms with Gasteiger partial charge in [0, 0.05) is 33.4 Å². The summed E-state index contributed by atoms with van der Waals surface area (Å²) in [6.07, 6.45) is 0. The molecule has 0 atom stereocenters. The van der Waals surface area contributed by atoms with Crippen molar-refractivity contribution in [2.24, 2.45) is 0 Å². The Labute approximate surface area is 330 Å². The Kier molecular flexibility index (Phi) is 7.78. The summed E-state index contributed by atoms with van der Waals surface area (Å²) < 4.78 is 9.00. The van der Waals surface area contributed by atoms with Gasteiger partial charge in [0.2, 0.25) is 5.89 Å². The molecule has 0 radical (unpaired) electrons. The van der Waals surface area contributed by atoms with Crippen LogP contribution in [0.25, 0.3) is 83.1 Å². The summed E-state index contributed by atoms with van der Waals surface area (Å²) in [6, 6.07) is 75.1. The molecule has 0 aliphatic carbocycles. The van der Waals surface area contributed by atoms with Crippen LogP contribution in [-0.4, -0.2) is 9.55 Å². The molecule has 2 aromatic heterocycles. The number of benzene rings is 9. The zero-order valence-electron chi connectivity index (χ0n) is 31.0. The van der Waals surface area contributed by atoms with Crippen molar-refractivity contribution >= 4 is 60.7 Å². The number of rotatable bonds is 7. The zero-order chi connectivity index (χ0) is 37.7. The van der Waals surface area contributed by atoms with E-state index in [9.17, 15) is 0 Å². The second-order valence-corrected chi connectivity index (χ2v) is 14.4. The van der Waals surface area contributed by atoms with Gasteiger partial charge in [-0.2, -0.15) is 0 Å². The Morgan fingerprint density at radius 2 is 0.982 bits per heavy atom. The van der Waals surface area contributed by atoms with E-state index in [1.54, 1.807) is 0 Å². The van der Waals surface area contributed by atoms with E-state index in [1.807, 2.05) is 36.4 Å². The SMILES string of the molecule is c1ccc(-c2ccc(N(c3ccc(-c4cc5c(c6ccccc46)c4ccccc4n5-c4ccccc4)cc3)c3cccc4nc(-c5ccccc5)oc34)cc2)cc1. The van der Waals surface area contributed by atoms with Crippen LogP contribution in [0, 0.1) is 0 Å². The molecule has 268 valence electrons. The van der Waals surface area contributed by atoms with Crippen LogP contribution in [0.3, 0.4) is 0 Å². The van der Waals surface area contributed by atoms with Gasteiger partial charge in [0.15, 0.2) is 5.58 Å². The minimum absolute atomic E-state index is 0.600. The number of nitrogens with zero attached hydrogens (tertiary/aromatic N) is 3. The molecule has 57 heavy (non-hydrogen) atoms. The number of hydrogen-bond acceptors (Lipinski definition) is 3. The lowest BCUT2D eigenvalue weighted by atomic mass is 9.94. The number of oxazole rings is 1. The van der Waals surface area contributed by atoms with E-state index in [-0.39, 0.29) is 0 Å². The first-order valence-electron chi connectivity index (χ1n) is 19.3. The van der Waals surface area contributed by atoms with Crippen molar-refractivity contribution in [3.05, 3.63) is 212 Å². The lowest BCUT2D eigenvalue weighted by Crippen LogP contribution is -2.10. The molecule has 0 unspecified atom stereocenters. The van der Waals surface area contributed by atoms with Crippen LogP contribution in [-0.2, 0) is 0 Å². The number of hydrogen-bond donors (Lipinski definition) is 0. The number of aromatic nitrogens is 2. The fourth-order valence-corrected chi connectivity index (χ4v) is 8.39. The van der Waals surface area contributed by atoms with Crippen LogP contribution in [0.15, 0.2) is 217 Å². The topological polar surface area (TPSA) is 34.2 Å². The van der Waals surface area contributed by atoms with Crippen LogP contribution in [0.5, 0.6) is 0 Å². The Morgan fingerprint density at radius 3 is 1.68 bits per heavy atom. The quantitative estimate of drug-likeness (QED) is 0.164. The number of para-hydroxylation sites is 3. The van der Waals surface area contributed by atoms with Crippen molar-refractivity contribution in [2.45, 2.75) is 0 Å². The van der Waals surface area contributed by atoms with Gasteiger partial charge >= 0.3 is 0 Å². The van der Waals surface area contributed by atoms with Crippen LogP contribution in [0.1, 0.15) is 0 Å². The van der Waals surface area contributed by atoms with Gasteiger partial charge < -0.3 is 13.9 Å². The summed E-state index contributed by atoms with van der Waals surface area (Å²) in [5, 5.41) is 4.99. The van der Waals surface area contributed by atoms with Gasteiger partial charge in [0.05, 0.1) is 16.7 Å². The molecule has 4 heteroatoms. The van der Waals surface area contributed by atoms with E-state index >= 15 is 0 Å². The third kappa shape index (κ3) is 5.58. The monoisotopic (exact) mass is 729 g/mol. The Morgan fingerprint density at radius 1 is 0.421 bits per heavy atom. The lowest BCUT2D eigenvalue weighted by Gasteiger charge is -2.26. The molecule has 0 aliphatic rings. The molecule has 11 rings (SSSR count). The van der Waals surface area contributed by atoms with E-state index in [0.717, 1.165) is 50.5 Å². The molecular weight excluding hydrogens is 695 g/mol. The summed E-state index contributed by atoms with van der Waals surface area (Å²) in [5.41, 5.74) is 13.6. The minimum Gasteiger partial charge on any atom is -0.434 e. The second-order valence-electron chi connectivity index (χ2n) is 14.4. The molecule has 0 aliphatic heterocycles. The molecule has 0 N–H and O–H groups in total. The van der Waals surface area contributed by atoms with E-state index in [4.69, 9.17) is 9.40 Å². The van der Waals surface area contributed by atoms with Crippen LogP contribution in [0.2, 0.25) is 0 Å². The standard InChI is InChI=1S/C53H35N3O/c1-4-15-36(16-5-1)37-27-31-41(32-28-37)55(49-26-14-24-47-52(49)57-53(54-47)39-17-6-2-7-18-39)42-33-29-38(30-34-42)46-35-50-51(44-22-11-10-21-43(44)46)45-23-12-13-25-48(45)56(50)40-19-8-3-9-20-40/h1-35H. The van der Waals surface area contributed by atoms with Crippen molar-refractivity contribution in [1.29, 1.82) is 0 Å². The largest absolute Gasteiger partial charge is 0.434 e. The normalized spacial score (nSPS) is 11.5. The lowest BCUT2D eigenvalue weighted by molar-refractivity contribution is 0.620. The Hall–Kier alpha value is -7.69. The molecular formula is C53H35N3O. The maximum absolute atomic E-state index is 6.60. The highest BCUT2D eigenvalue weighted by Crippen LogP contribution is 2.44. The maximum Gasteiger partial charge on any atom is 0.227 e. The van der Waals surface area contributed by atoms with Crippen LogP contribution < -0.4 is 4.90 Å². The van der Waals surface area contributed by atoms with Gasteiger partial charge in [-0.15, -0.1) is 0 Å². The van der Waals surface area contributed by atoms with Crippen molar-refractivity contribution < 1.29 is 4.42 Å². The van der Waals surface area contributed by atoms with Gasteiger partial charge in [0.1, 0.15) is 5.52 Å². The predicted molar refractivity (Wildman–Crippen MR) is 237 cm³/mol. The molecule has 4 nitrogen and oxygen atoms in total. The predicted octanol–water partition coefficient (Wildman–Crippen LogP) is 14.5. The van der Waals surface area contributed by atoms with Crippen LogP contribution >= 0.6 is 0 Å².